The third kappa shape index (κ3) is 8.74. The lowest BCUT2D eigenvalue weighted by atomic mass is 9.65. The minimum atomic E-state index is -0.820. The molecule has 3 unspecified atom stereocenters. The van der Waals surface area contributed by atoms with Gasteiger partial charge in [-0.25, -0.2) is 0 Å². The molecule has 0 saturated carbocycles. The van der Waals surface area contributed by atoms with Gasteiger partial charge in [0.1, 0.15) is 0 Å². The van der Waals surface area contributed by atoms with E-state index in [4.69, 9.17) is 0 Å². The first-order valence-corrected chi connectivity index (χ1v) is 9.31. The van der Waals surface area contributed by atoms with Crippen LogP contribution in [-0.2, 0) is 4.79 Å². The Bertz CT molecular complexity index is 336. The van der Waals surface area contributed by atoms with Gasteiger partial charge in [0.25, 0.3) is 0 Å². The van der Waals surface area contributed by atoms with Gasteiger partial charge in [-0.3, -0.25) is 4.79 Å². The Morgan fingerprint density at radius 2 is 1.35 bits per heavy atom. The molecule has 0 aromatic heterocycles. The van der Waals surface area contributed by atoms with Crippen LogP contribution in [0.5, 0.6) is 0 Å². The lowest BCUT2D eigenvalue weighted by Gasteiger charge is -2.42. The molecule has 3 atom stereocenters. The van der Waals surface area contributed by atoms with E-state index in [2.05, 4.69) is 27.7 Å². The van der Waals surface area contributed by atoms with Gasteiger partial charge in [-0.15, -0.1) is 0 Å². The van der Waals surface area contributed by atoms with E-state index in [1.807, 2.05) is 20.8 Å². The van der Waals surface area contributed by atoms with Gasteiger partial charge in [0.2, 0.25) is 0 Å². The van der Waals surface area contributed by atoms with Crippen molar-refractivity contribution in [3.63, 3.8) is 0 Å². The highest BCUT2D eigenvalue weighted by Crippen LogP contribution is 2.42. The molecule has 0 saturated heterocycles. The molecule has 0 radical (unpaired) electrons. The van der Waals surface area contributed by atoms with Crippen LogP contribution in [0.15, 0.2) is 0 Å². The van der Waals surface area contributed by atoms with Crippen LogP contribution in [0.1, 0.15) is 93.4 Å². The standard InChI is InChI=1S/C20H40O3/c1-8-9-10-11-12-13-15(19(2,3)4)18(23)16(14-17(21)22)20(5,6)7/h15-16,18,23H,8-14H2,1-7H3,(H,21,22). The van der Waals surface area contributed by atoms with E-state index >= 15 is 0 Å². The molecule has 138 valence electrons. The number of hydrogen-bond donors (Lipinski definition) is 2. The van der Waals surface area contributed by atoms with Crippen LogP contribution in [0.3, 0.4) is 0 Å². The van der Waals surface area contributed by atoms with E-state index in [1.165, 1.54) is 25.7 Å². The quantitative estimate of drug-likeness (QED) is 0.520. The van der Waals surface area contributed by atoms with Crippen LogP contribution < -0.4 is 0 Å². The molecule has 0 rings (SSSR count). The van der Waals surface area contributed by atoms with Crippen molar-refractivity contribution in [3.05, 3.63) is 0 Å². The summed E-state index contributed by atoms with van der Waals surface area (Å²) in [5, 5.41) is 20.3. The molecular formula is C20H40O3. The average molecular weight is 329 g/mol. The van der Waals surface area contributed by atoms with Gasteiger partial charge in [0, 0.05) is 5.92 Å². The van der Waals surface area contributed by atoms with Gasteiger partial charge < -0.3 is 10.2 Å². The third-order valence-electron chi connectivity index (χ3n) is 5.06. The molecule has 0 aromatic carbocycles. The van der Waals surface area contributed by atoms with Crippen molar-refractivity contribution >= 4 is 5.97 Å². The minimum absolute atomic E-state index is 0.0217. The van der Waals surface area contributed by atoms with E-state index < -0.39 is 12.1 Å². The maximum atomic E-state index is 11.3. The highest BCUT2D eigenvalue weighted by atomic mass is 16.4. The molecule has 0 bridgehead atoms. The van der Waals surface area contributed by atoms with Gasteiger partial charge in [-0.05, 0) is 23.2 Å². The number of aliphatic hydroxyl groups excluding tert-OH is 1. The van der Waals surface area contributed by atoms with Gasteiger partial charge in [0.05, 0.1) is 12.5 Å². The molecule has 2 N–H and O–H groups in total. The van der Waals surface area contributed by atoms with E-state index in [1.54, 1.807) is 0 Å². The lowest BCUT2D eigenvalue weighted by Crippen LogP contribution is -2.43. The third-order valence-corrected chi connectivity index (χ3v) is 5.06. The Morgan fingerprint density at radius 1 is 0.870 bits per heavy atom. The topological polar surface area (TPSA) is 57.5 Å². The SMILES string of the molecule is CCCCCCCC(C(O)C(CC(=O)O)C(C)(C)C)C(C)(C)C. The number of aliphatic carboxylic acids is 1. The van der Waals surface area contributed by atoms with Crippen molar-refractivity contribution in [2.24, 2.45) is 22.7 Å². The van der Waals surface area contributed by atoms with Crippen LogP contribution in [0, 0.1) is 22.7 Å². The summed E-state index contributed by atoms with van der Waals surface area (Å²) in [6.45, 7) is 14.8. The lowest BCUT2D eigenvalue weighted by molar-refractivity contribution is -0.142. The normalized spacial score (nSPS) is 16.9. The van der Waals surface area contributed by atoms with E-state index in [-0.39, 0.29) is 29.1 Å². The van der Waals surface area contributed by atoms with Crippen molar-refractivity contribution in [2.45, 2.75) is 99.5 Å². The zero-order valence-corrected chi connectivity index (χ0v) is 16.5. The predicted molar refractivity (Wildman–Crippen MR) is 97.5 cm³/mol. The Labute approximate surface area is 143 Å². The number of rotatable bonds is 10. The molecule has 0 aliphatic rings. The predicted octanol–water partition coefficient (Wildman–Crippen LogP) is 5.51. The molecular weight excluding hydrogens is 288 g/mol. The summed E-state index contributed by atoms with van der Waals surface area (Å²) in [6.07, 6.45) is 6.50. The Balaban J connectivity index is 5.01. The molecule has 0 fully saturated rings. The second-order valence-electron chi connectivity index (χ2n) is 9.24. The monoisotopic (exact) mass is 328 g/mol. The number of carboxylic acid groups (broad SMARTS) is 1. The first-order valence-electron chi connectivity index (χ1n) is 9.31. The first kappa shape index (κ1) is 22.4. The molecule has 0 aromatic rings. The number of aliphatic hydroxyl groups is 1. The largest absolute Gasteiger partial charge is 0.481 e. The van der Waals surface area contributed by atoms with Crippen molar-refractivity contribution in [1.82, 2.24) is 0 Å². The molecule has 0 spiro atoms. The second-order valence-corrected chi connectivity index (χ2v) is 9.24. The van der Waals surface area contributed by atoms with Gasteiger partial charge in [-0.1, -0.05) is 80.6 Å². The fraction of sp³-hybridized carbons (Fsp3) is 0.950. The van der Waals surface area contributed by atoms with E-state index in [0.29, 0.717) is 0 Å². The van der Waals surface area contributed by atoms with Crippen molar-refractivity contribution in [1.29, 1.82) is 0 Å². The molecule has 3 heteroatoms. The molecule has 23 heavy (non-hydrogen) atoms. The molecule has 3 nitrogen and oxygen atoms in total. The number of unbranched alkanes of at least 4 members (excludes halogenated alkanes) is 4. The Kier molecular flexibility index (Phi) is 9.42. The van der Waals surface area contributed by atoms with Crippen LogP contribution in [0.25, 0.3) is 0 Å². The fourth-order valence-electron chi connectivity index (χ4n) is 3.49. The fourth-order valence-corrected chi connectivity index (χ4v) is 3.49. The summed E-state index contributed by atoms with van der Waals surface area (Å²) in [4.78, 5) is 11.3. The number of hydrogen-bond acceptors (Lipinski definition) is 2. The average Bonchev–Trinajstić information content (AvgIpc) is 2.36. The minimum Gasteiger partial charge on any atom is -0.481 e. The second kappa shape index (κ2) is 9.66. The molecule has 0 aliphatic carbocycles. The number of carboxylic acids is 1. The maximum absolute atomic E-state index is 11.3. The van der Waals surface area contributed by atoms with E-state index in [9.17, 15) is 15.0 Å². The highest BCUT2D eigenvalue weighted by Gasteiger charge is 2.41. The molecule has 0 amide bonds. The summed E-state index contributed by atoms with van der Waals surface area (Å²) in [6, 6.07) is 0. The van der Waals surface area contributed by atoms with Gasteiger partial charge >= 0.3 is 5.97 Å². The molecule has 0 heterocycles. The van der Waals surface area contributed by atoms with Crippen molar-refractivity contribution in [2.75, 3.05) is 0 Å². The smallest absolute Gasteiger partial charge is 0.303 e. The number of carbonyl (C=O) groups is 1. The van der Waals surface area contributed by atoms with Crippen molar-refractivity contribution < 1.29 is 15.0 Å². The summed E-state index contributed by atoms with van der Waals surface area (Å²) in [7, 11) is 0. The Hall–Kier alpha value is -0.570. The molecule has 0 aliphatic heterocycles. The zero-order chi connectivity index (χ0) is 18.3. The summed E-state index contributed by atoms with van der Waals surface area (Å²) in [5.41, 5.74) is -0.240. The highest BCUT2D eigenvalue weighted by molar-refractivity contribution is 5.67. The zero-order valence-electron chi connectivity index (χ0n) is 16.5. The van der Waals surface area contributed by atoms with E-state index in [0.717, 1.165) is 12.8 Å². The van der Waals surface area contributed by atoms with Crippen LogP contribution >= 0.6 is 0 Å². The van der Waals surface area contributed by atoms with Gasteiger partial charge in [-0.2, -0.15) is 0 Å². The van der Waals surface area contributed by atoms with Crippen molar-refractivity contribution in [3.8, 4) is 0 Å². The van der Waals surface area contributed by atoms with Gasteiger partial charge in [0.15, 0.2) is 0 Å². The summed E-state index contributed by atoms with van der Waals surface area (Å²) >= 11 is 0. The Morgan fingerprint density at radius 3 is 1.74 bits per heavy atom. The first-order chi connectivity index (χ1) is 10.4. The van der Waals surface area contributed by atoms with Crippen LogP contribution in [0.2, 0.25) is 0 Å². The summed E-state index contributed by atoms with van der Waals surface area (Å²) < 4.78 is 0. The maximum Gasteiger partial charge on any atom is 0.303 e. The summed E-state index contributed by atoms with van der Waals surface area (Å²) in [5.74, 6) is -0.910. The van der Waals surface area contributed by atoms with Crippen LogP contribution in [-0.4, -0.2) is 22.3 Å². The van der Waals surface area contributed by atoms with Crippen LogP contribution in [0.4, 0.5) is 0 Å².